The Morgan fingerprint density at radius 3 is 2.77 bits per heavy atom. The fourth-order valence-corrected chi connectivity index (χ4v) is 3.54. The molecule has 3 aromatic rings. The van der Waals surface area contributed by atoms with Crippen LogP contribution in [0.4, 0.5) is 0 Å². The Bertz CT molecular complexity index is 794. The zero-order valence-electron chi connectivity index (χ0n) is 11.8. The molecule has 0 unspecified atom stereocenters. The third kappa shape index (κ3) is 3.18. The smallest absolute Gasteiger partial charge is 0.248 e. The molecular formula is C14H13N5OS2. The van der Waals surface area contributed by atoms with Crippen molar-refractivity contribution in [2.75, 3.05) is 0 Å². The minimum absolute atomic E-state index is 0.425. The first-order valence-corrected chi connectivity index (χ1v) is 8.31. The first kappa shape index (κ1) is 14.7. The number of primary amides is 1. The number of nitrogens with zero attached hydrogens (tertiary/aromatic N) is 4. The average Bonchev–Trinajstić information content (AvgIpc) is 3.14. The molecule has 0 saturated heterocycles. The summed E-state index contributed by atoms with van der Waals surface area (Å²) in [6, 6.07) is 7.15. The van der Waals surface area contributed by atoms with E-state index in [2.05, 4.69) is 15.2 Å². The average molecular weight is 331 g/mol. The lowest BCUT2D eigenvalue weighted by molar-refractivity contribution is 0.100. The van der Waals surface area contributed by atoms with E-state index in [1.165, 1.54) is 0 Å². The first-order chi connectivity index (χ1) is 10.6. The summed E-state index contributed by atoms with van der Waals surface area (Å²) in [5, 5.41) is 11.7. The van der Waals surface area contributed by atoms with Crippen molar-refractivity contribution in [3.05, 3.63) is 47.2 Å². The van der Waals surface area contributed by atoms with Gasteiger partial charge in [0.05, 0.1) is 5.69 Å². The van der Waals surface area contributed by atoms with Crippen molar-refractivity contribution in [1.82, 2.24) is 19.7 Å². The van der Waals surface area contributed by atoms with Crippen LogP contribution in [0, 0.1) is 0 Å². The normalized spacial score (nSPS) is 10.8. The predicted molar refractivity (Wildman–Crippen MR) is 86.6 cm³/mol. The summed E-state index contributed by atoms with van der Waals surface area (Å²) in [6.07, 6.45) is 1.68. The minimum atomic E-state index is -0.425. The van der Waals surface area contributed by atoms with Crippen LogP contribution in [0.15, 0.2) is 41.1 Å². The zero-order chi connectivity index (χ0) is 15.5. The van der Waals surface area contributed by atoms with Crippen LogP contribution in [0.5, 0.6) is 0 Å². The fourth-order valence-electron chi connectivity index (χ4n) is 1.82. The second-order valence-corrected chi connectivity index (χ2v) is 6.40. The highest BCUT2D eigenvalue weighted by Gasteiger charge is 2.08. The monoisotopic (exact) mass is 331 g/mol. The van der Waals surface area contributed by atoms with Crippen LogP contribution in [-0.2, 0) is 12.8 Å². The SMILES string of the molecule is Cn1cnnc1SCc1csc(-c2ccc(C(N)=O)cc2)n1. The first-order valence-electron chi connectivity index (χ1n) is 6.45. The summed E-state index contributed by atoms with van der Waals surface area (Å²) < 4.78 is 1.88. The van der Waals surface area contributed by atoms with Crippen LogP contribution in [-0.4, -0.2) is 25.7 Å². The molecule has 8 heteroatoms. The van der Waals surface area contributed by atoms with Gasteiger partial charge in [0.25, 0.3) is 0 Å². The Balaban J connectivity index is 1.70. The van der Waals surface area contributed by atoms with Crippen LogP contribution in [0.2, 0.25) is 0 Å². The van der Waals surface area contributed by atoms with E-state index >= 15 is 0 Å². The number of carbonyl (C=O) groups excluding carboxylic acids is 1. The molecule has 1 aromatic carbocycles. The quantitative estimate of drug-likeness (QED) is 0.725. The molecule has 0 fully saturated rings. The van der Waals surface area contributed by atoms with E-state index in [4.69, 9.17) is 5.73 Å². The summed E-state index contributed by atoms with van der Waals surface area (Å²) in [7, 11) is 1.91. The number of thiazole rings is 1. The van der Waals surface area contributed by atoms with Crippen LogP contribution < -0.4 is 5.73 Å². The van der Waals surface area contributed by atoms with Crippen LogP contribution >= 0.6 is 23.1 Å². The van der Waals surface area contributed by atoms with Gasteiger partial charge in [0.15, 0.2) is 5.16 Å². The number of thioether (sulfide) groups is 1. The van der Waals surface area contributed by atoms with E-state index in [1.54, 1.807) is 41.6 Å². The van der Waals surface area contributed by atoms with Crippen molar-refractivity contribution in [3.63, 3.8) is 0 Å². The molecule has 2 N–H and O–H groups in total. The van der Waals surface area contributed by atoms with Crippen molar-refractivity contribution >= 4 is 29.0 Å². The van der Waals surface area contributed by atoms with E-state index in [0.717, 1.165) is 27.2 Å². The molecule has 0 aliphatic carbocycles. The molecule has 0 radical (unpaired) electrons. The fraction of sp³-hybridized carbons (Fsp3) is 0.143. The zero-order valence-corrected chi connectivity index (χ0v) is 13.4. The van der Waals surface area contributed by atoms with Gasteiger partial charge in [-0.25, -0.2) is 4.98 Å². The molecule has 0 spiro atoms. The molecule has 0 aliphatic heterocycles. The molecule has 0 saturated carbocycles. The van der Waals surface area contributed by atoms with Gasteiger partial charge in [0.2, 0.25) is 5.91 Å². The van der Waals surface area contributed by atoms with Crippen molar-refractivity contribution in [2.45, 2.75) is 10.9 Å². The summed E-state index contributed by atoms with van der Waals surface area (Å²) in [6.45, 7) is 0. The van der Waals surface area contributed by atoms with E-state index in [0.29, 0.717) is 5.56 Å². The molecule has 2 aromatic heterocycles. The van der Waals surface area contributed by atoms with E-state index in [9.17, 15) is 4.79 Å². The van der Waals surface area contributed by atoms with E-state index in [1.807, 2.05) is 29.1 Å². The molecule has 1 amide bonds. The number of amides is 1. The maximum Gasteiger partial charge on any atom is 0.248 e. The van der Waals surface area contributed by atoms with Gasteiger partial charge in [-0.05, 0) is 12.1 Å². The molecule has 112 valence electrons. The lowest BCUT2D eigenvalue weighted by Gasteiger charge is -1.99. The Morgan fingerprint density at radius 2 is 2.14 bits per heavy atom. The number of carbonyl (C=O) groups is 1. The second-order valence-electron chi connectivity index (χ2n) is 4.60. The van der Waals surface area contributed by atoms with E-state index < -0.39 is 5.91 Å². The second kappa shape index (κ2) is 6.29. The van der Waals surface area contributed by atoms with Crippen LogP contribution in [0.1, 0.15) is 16.1 Å². The highest BCUT2D eigenvalue weighted by atomic mass is 32.2. The molecule has 3 rings (SSSR count). The maximum atomic E-state index is 11.1. The highest BCUT2D eigenvalue weighted by molar-refractivity contribution is 7.98. The third-order valence-corrected chi connectivity index (χ3v) is 5.00. The van der Waals surface area contributed by atoms with Gasteiger partial charge < -0.3 is 10.3 Å². The summed E-state index contributed by atoms with van der Waals surface area (Å²) in [5.74, 6) is 0.314. The molecule has 0 aliphatic rings. The van der Waals surface area contributed by atoms with Gasteiger partial charge in [0.1, 0.15) is 11.3 Å². The summed E-state index contributed by atoms with van der Waals surface area (Å²) >= 11 is 3.17. The van der Waals surface area contributed by atoms with Gasteiger partial charge in [-0.15, -0.1) is 21.5 Å². The number of aromatic nitrogens is 4. The summed E-state index contributed by atoms with van der Waals surface area (Å²) in [4.78, 5) is 15.7. The Labute approximate surface area is 135 Å². The molecule has 0 atom stereocenters. The number of benzene rings is 1. The topological polar surface area (TPSA) is 86.7 Å². The van der Waals surface area contributed by atoms with E-state index in [-0.39, 0.29) is 0 Å². The molecule has 0 bridgehead atoms. The van der Waals surface area contributed by atoms with Crippen molar-refractivity contribution in [3.8, 4) is 10.6 Å². The lowest BCUT2D eigenvalue weighted by atomic mass is 10.1. The van der Waals surface area contributed by atoms with Crippen molar-refractivity contribution in [1.29, 1.82) is 0 Å². The number of hydrogen-bond acceptors (Lipinski definition) is 6. The standard InChI is InChI=1S/C14H13N5OS2/c1-19-8-16-18-14(19)22-7-11-6-21-13(17-11)10-4-2-9(3-5-10)12(15)20/h2-6,8H,7H2,1H3,(H2,15,20). The third-order valence-electron chi connectivity index (χ3n) is 2.99. The van der Waals surface area contributed by atoms with Crippen LogP contribution in [0.3, 0.4) is 0 Å². The van der Waals surface area contributed by atoms with Gasteiger partial charge in [0, 0.05) is 29.3 Å². The highest BCUT2D eigenvalue weighted by Crippen LogP contribution is 2.27. The summed E-state index contributed by atoms with van der Waals surface area (Å²) in [5.41, 5.74) is 7.70. The van der Waals surface area contributed by atoms with Crippen LogP contribution in [0.25, 0.3) is 10.6 Å². The van der Waals surface area contributed by atoms with Gasteiger partial charge in [-0.2, -0.15) is 0 Å². The van der Waals surface area contributed by atoms with Crippen molar-refractivity contribution < 1.29 is 4.79 Å². The van der Waals surface area contributed by atoms with Gasteiger partial charge in [-0.1, -0.05) is 23.9 Å². The van der Waals surface area contributed by atoms with Crippen molar-refractivity contribution in [2.24, 2.45) is 12.8 Å². The number of hydrogen-bond donors (Lipinski definition) is 1. The Morgan fingerprint density at radius 1 is 1.36 bits per heavy atom. The predicted octanol–water partition coefficient (Wildman–Crippen LogP) is 2.33. The molecule has 22 heavy (non-hydrogen) atoms. The lowest BCUT2D eigenvalue weighted by Crippen LogP contribution is -2.10. The molecule has 6 nitrogen and oxygen atoms in total. The Hall–Kier alpha value is -2.19. The number of nitrogens with two attached hydrogens (primary N) is 1. The van der Waals surface area contributed by atoms with Gasteiger partial charge >= 0.3 is 0 Å². The minimum Gasteiger partial charge on any atom is -0.366 e. The van der Waals surface area contributed by atoms with Gasteiger partial charge in [-0.3, -0.25) is 4.79 Å². The molecule has 2 heterocycles. The Kier molecular flexibility index (Phi) is 4.21. The molecular weight excluding hydrogens is 318 g/mol. The maximum absolute atomic E-state index is 11.1. The number of aryl methyl sites for hydroxylation is 1. The number of rotatable bonds is 5. The largest absolute Gasteiger partial charge is 0.366 e.